The van der Waals surface area contributed by atoms with Crippen molar-refractivity contribution < 1.29 is 19.1 Å². The molecule has 0 heterocycles. The van der Waals surface area contributed by atoms with Gasteiger partial charge in [-0.2, -0.15) is 0 Å². The lowest BCUT2D eigenvalue weighted by atomic mass is 9.89. The van der Waals surface area contributed by atoms with Crippen LogP contribution in [0.5, 0.6) is 11.5 Å². The minimum absolute atomic E-state index is 0.0249. The van der Waals surface area contributed by atoms with Crippen molar-refractivity contribution in [1.29, 1.82) is 0 Å². The molecule has 0 atom stereocenters. The standard InChI is InChI=1S/C17H24N2O4/c1-22-14-8-13(9-15(10-14)23-2)19-16(20)11-18-17(21)12-6-4-3-5-7-12/h8-10,12H,3-7,11H2,1-2H3,(H,18,21)(H,19,20). The fourth-order valence-corrected chi connectivity index (χ4v) is 2.76. The van der Waals surface area contributed by atoms with E-state index in [0.29, 0.717) is 17.2 Å². The van der Waals surface area contributed by atoms with Crippen molar-refractivity contribution in [2.45, 2.75) is 32.1 Å². The highest BCUT2D eigenvalue weighted by molar-refractivity contribution is 5.95. The van der Waals surface area contributed by atoms with E-state index in [1.807, 2.05) is 0 Å². The molecular weight excluding hydrogens is 296 g/mol. The summed E-state index contributed by atoms with van der Waals surface area (Å²) in [5, 5.41) is 5.45. The van der Waals surface area contributed by atoms with Crippen LogP contribution >= 0.6 is 0 Å². The summed E-state index contributed by atoms with van der Waals surface area (Å²) in [6.07, 6.45) is 5.21. The molecule has 0 saturated heterocycles. The summed E-state index contributed by atoms with van der Waals surface area (Å²) in [5.41, 5.74) is 0.568. The smallest absolute Gasteiger partial charge is 0.243 e. The monoisotopic (exact) mass is 320 g/mol. The predicted octanol–water partition coefficient (Wildman–Crippen LogP) is 2.34. The molecule has 1 saturated carbocycles. The Bertz CT molecular complexity index is 531. The molecule has 6 heteroatoms. The van der Waals surface area contributed by atoms with Crippen LogP contribution < -0.4 is 20.1 Å². The van der Waals surface area contributed by atoms with E-state index in [2.05, 4.69) is 10.6 Å². The highest BCUT2D eigenvalue weighted by atomic mass is 16.5. The number of nitrogens with one attached hydrogen (secondary N) is 2. The first-order valence-electron chi connectivity index (χ1n) is 7.93. The minimum Gasteiger partial charge on any atom is -0.497 e. The van der Waals surface area contributed by atoms with Crippen molar-refractivity contribution in [2.24, 2.45) is 5.92 Å². The van der Waals surface area contributed by atoms with Gasteiger partial charge in [-0.25, -0.2) is 0 Å². The van der Waals surface area contributed by atoms with Crippen molar-refractivity contribution in [2.75, 3.05) is 26.1 Å². The maximum Gasteiger partial charge on any atom is 0.243 e. The SMILES string of the molecule is COc1cc(NC(=O)CNC(=O)C2CCCCC2)cc(OC)c1. The average Bonchev–Trinajstić information content (AvgIpc) is 2.60. The maximum atomic E-state index is 12.0. The summed E-state index contributed by atoms with van der Waals surface area (Å²) in [5.74, 6) is 0.929. The number of amides is 2. The van der Waals surface area contributed by atoms with Crippen LogP contribution in [0.2, 0.25) is 0 Å². The third-order valence-corrected chi connectivity index (χ3v) is 4.03. The zero-order chi connectivity index (χ0) is 16.7. The Morgan fingerprint density at radius 3 is 2.22 bits per heavy atom. The lowest BCUT2D eigenvalue weighted by Crippen LogP contribution is -2.37. The van der Waals surface area contributed by atoms with Gasteiger partial charge >= 0.3 is 0 Å². The van der Waals surface area contributed by atoms with E-state index in [0.717, 1.165) is 25.7 Å². The molecule has 0 unspecified atom stereocenters. The molecule has 2 amide bonds. The quantitative estimate of drug-likeness (QED) is 0.843. The largest absolute Gasteiger partial charge is 0.497 e. The first-order valence-corrected chi connectivity index (χ1v) is 7.93. The van der Waals surface area contributed by atoms with Crippen LogP contribution in [0.1, 0.15) is 32.1 Å². The molecule has 1 aromatic rings. The van der Waals surface area contributed by atoms with Gasteiger partial charge in [-0.05, 0) is 12.8 Å². The number of carbonyl (C=O) groups is 2. The second-order valence-corrected chi connectivity index (χ2v) is 5.70. The fourth-order valence-electron chi connectivity index (χ4n) is 2.76. The summed E-state index contributed by atoms with van der Waals surface area (Å²) in [6.45, 7) is -0.0329. The normalized spacial score (nSPS) is 14.9. The maximum absolute atomic E-state index is 12.0. The molecule has 0 aliphatic heterocycles. The van der Waals surface area contributed by atoms with Crippen LogP contribution in [-0.4, -0.2) is 32.6 Å². The molecule has 1 aliphatic rings. The van der Waals surface area contributed by atoms with Crippen LogP contribution in [0.25, 0.3) is 0 Å². The molecule has 0 bridgehead atoms. The molecule has 0 spiro atoms. The summed E-state index contributed by atoms with van der Waals surface area (Å²) in [6, 6.07) is 5.12. The van der Waals surface area contributed by atoms with Gasteiger partial charge < -0.3 is 20.1 Å². The predicted molar refractivity (Wildman–Crippen MR) is 87.8 cm³/mol. The van der Waals surface area contributed by atoms with E-state index >= 15 is 0 Å². The van der Waals surface area contributed by atoms with Crippen LogP contribution in [0.3, 0.4) is 0 Å². The van der Waals surface area contributed by atoms with Crippen molar-refractivity contribution in [1.82, 2.24) is 5.32 Å². The molecule has 0 aromatic heterocycles. The van der Waals surface area contributed by atoms with E-state index < -0.39 is 0 Å². The van der Waals surface area contributed by atoms with Crippen LogP contribution in [0, 0.1) is 5.92 Å². The summed E-state index contributed by atoms with van der Waals surface area (Å²) < 4.78 is 10.3. The van der Waals surface area contributed by atoms with E-state index in [9.17, 15) is 9.59 Å². The number of hydrogen-bond donors (Lipinski definition) is 2. The summed E-state index contributed by atoms with van der Waals surface area (Å²) >= 11 is 0. The minimum atomic E-state index is -0.274. The number of rotatable bonds is 6. The molecule has 126 valence electrons. The first-order chi connectivity index (χ1) is 11.1. The van der Waals surface area contributed by atoms with Crippen LogP contribution in [-0.2, 0) is 9.59 Å². The Hall–Kier alpha value is -2.24. The highest BCUT2D eigenvalue weighted by Crippen LogP contribution is 2.26. The Morgan fingerprint density at radius 1 is 1.04 bits per heavy atom. The molecule has 1 aromatic carbocycles. The number of carbonyl (C=O) groups excluding carboxylic acids is 2. The summed E-state index contributed by atoms with van der Waals surface area (Å²) in [4.78, 5) is 24.0. The molecule has 2 N–H and O–H groups in total. The van der Waals surface area contributed by atoms with Gasteiger partial charge in [-0.15, -0.1) is 0 Å². The van der Waals surface area contributed by atoms with Gasteiger partial charge in [-0.1, -0.05) is 19.3 Å². The average molecular weight is 320 g/mol. The van der Waals surface area contributed by atoms with Gasteiger partial charge in [0.05, 0.1) is 20.8 Å². The van der Waals surface area contributed by atoms with Gasteiger partial charge in [0.15, 0.2) is 0 Å². The van der Waals surface area contributed by atoms with Crippen molar-refractivity contribution in [3.8, 4) is 11.5 Å². The number of ether oxygens (including phenoxy) is 2. The molecule has 6 nitrogen and oxygen atoms in total. The Balaban J connectivity index is 1.85. The van der Waals surface area contributed by atoms with Crippen LogP contribution in [0.4, 0.5) is 5.69 Å². The van der Waals surface area contributed by atoms with Crippen molar-refractivity contribution in [3.05, 3.63) is 18.2 Å². The van der Waals surface area contributed by atoms with Gasteiger partial charge in [0.25, 0.3) is 0 Å². The van der Waals surface area contributed by atoms with E-state index in [1.165, 1.54) is 6.42 Å². The molecule has 2 rings (SSSR count). The lowest BCUT2D eigenvalue weighted by Gasteiger charge is -2.20. The van der Waals surface area contributed by atoms with E-state index in [1.54, 1.807) is 32.4 Å². The highest BCUT2D eigenvalue weighted by Gasteiger charge is 2.21. The molecule has 23 heavy (non-hydrogen) atoms. The number of anilines is 1. The van der Waals surface area contributed by atoms with Gasteiger partial charge in [0.1, 0.15) is 11.5 Å². The second-order valence-electron chi connectivity index (χ2n) is 5.70. The molecular formula is C17H24N2O4. The first kappa shape index (κ1) is 17.1. The zero-order valence-corrected chi connectivity index (χ0v) is 13.7. The number of benzene rings is 1. The topological polar surface area (TPSA) is 76.7 Å². The Morgan fingerprint density at radius 2 is 1.65 bits per heavy atom. The number of hydrogen-bond acceptors (Lipinski definition) is 4. The van der Waals surface area contributed by atoms with Gasteiger partial charge in [0.2, 0.25) is 11.8 Å². The zero-order valence-electron chi connectivity index (χ0n) is 13.7. The molecule has 1 fully saturated rings. The second kappa shape index (κ2) is 8.41. The van der Waals surface area contributed by atoms with Gasteiger partial charge in [-0.3, -0.25) is 9.59 Å². The van der Waals surface area contributed by atoms with Gasteiger partial charge in [0, 0.05) is 29.8 Å². The van der Waals surface area contributed by atoms with Crippen molar-refractivity contribution in [3.63, 3.8) is 0 Å². The number of methoxy groups -OCH3 is 2. The van der Waals surface area contributed by atoms with E-state index in [-0.39, 0.29) is 24.3 Å². The third kappa shape index (κ3) is 5.16. The lowest BCUT2D eigenvalue weighted by molar-refractivity contribution is -0.128. The molecule has 1 aliphatic carbocycles. The van der Waals surface area contributed by atoms with Crippen LogP contribution in [0.15, 0.2) is 18.2 Å². The van der Waals surface area contributed by atoms with E-state index in [4.69, 9.17) is 9.47 Å². The Labute approximate surface area is 136 Å². The molecule has 0 radical (unpaired) electrons. The summed E-state index contributed by atoms with van der Waals surface area (Å²) in [7, 11) is 3.09. The Kier molecular flexibility index (Phi) is 6.26. The third-order valence-electron chi connectivity index (χ3n) is 4.03. The van der Waals surface area contributed by atoms with Crippen molar-refractivity contribution >= 4 is 17.5 Å². The fraction of sp³-hybridized carbons (Fsp3) is 0.529.